The van der Waals surface area contributed by atoms with E-state index in [2.05, 4.69) is 12.1 Å². The van der Waals surface area contributed by atoms with Gasteiger partial charge in [0.25, 0.3) is 0 Å². The summed E-state index contributed by atoms with van der Waals surface area (Å²) in [4.78, 5) is 0. The van der Waals surface area contributed by atoms with Gasteiger partial charge in [-0.15, -0.1) is 0 Å². The molecule has 1 nitrogen and oxygen atoms in total. The zero-order valence-electron chi connectivity index (χ0n) is 7.96. The van der Waals surface area contributed by atoms with Crippen molar-refractivity contribution in [1.29, 1.82) is 0 Å². The van der Waals surface area contributed by atoms with Crippen LogP contribution in [0.3, 0.4) is 0 Å². The molecule has 0 aliphatic heterocycles. The molecule has 0 saturated heterocycles. The Bertz CT molecular complexity index is 388. The van der Waals surface area contributed by atoms with Crippen molar-refractivity contribution < 1.29 is 5.11 Å². The maximum atomic E-state index is 9.19. The van der Waals surface area contributed by atoms with E-state index < -0.39 is 0 Å². The summed E-state index contributed by atoms with van der Waals surface area (Å²) in [5.41, 5.74) is 3.14. The van der Waals surface area contributed by atoms with E-state index in [1.807, 2.05) is 6.07 Å². The molecule has 1 aromatic rings. The van der Waals surface area contributed by atoms with Crippen molar-refractivity contribution in [1.82, 2.24) is 0 Å². The van der Waals surface area contributed by atoms with Crippen molar-refractivity contribution in [2.24, 2.45) is 5.92 Å². The number of aliphatic hydroxyl groups is 1. The second-order valence-corrected chi connectivity index (χ2v) is 4.98. The van der Waals surface area contributed by atoms with Gasteiger partial charge in [0.05, 0.1) is 0 Å². The molecule has 0 aromatic heterocycles. The second kappa shape index (κ2) is 2.74. The Balaban J connectivity index is 2.06. The Kier molecular flexibility index (Phi) is 1.71. The lowest BCUT2D eigenvalue weighted by Gasteiger charge is -2.10. The van der Waals surface area contributed by atoms with Crippen molar-refractivity contribution in [2.45, 2.75) is 24.7 Å². The summed E-state index contributed by atoms with van der Waals surface area (Å²) < 4.78 is 0. The minimum atomic E-state index is 0.301. The molecule has 0 bridgehead atoms. The highest BCUT2D eigenvalue weighted by Gasteiger charge is 2.57. The van der Waals surface area contributed by atoms with Gasteiger partial charge in [0.2, 0.25) is 0 Å². The molecule has 1 aromatic carbocycles. The monoisotopic (exact) mass is 208 g/mol. The summed E-state index contributed by atoms with van der Waals surface area (Å²) in [5.74, 6) is 0.488. The van der Waals surface area contributed by atoms with E-state index in [0.717, 1.165) is 17.9 Å². The molecule has 1 saturated carbocycles. The molecule has 74 valence electrons. The molecule has 2 aliphatic carbocycles. The van der Waals surface area contributed by atoms with Gasteiger partial charge in [0.15, 0.2) is 0 Å². The lowest BCUT2D eigenvalue weighted by Crippen LogP contribution is -2.07. The average Bonchev–Trinajstić information content (AvgIpc) is 2.80. The maximum Gasteiger partial charge on any atom is 0.0468 e. The number of fused-ring (bicyclic) bond motifs is 2. The fraction of sp³-hybridized carbons (Fsp3) is 0.500. The van der Waals surface area contributed by atoms with Crippen LogP contribution >= 0.6 is 11.6 Å². The molecular formula is C12H13ClO. The van der Waals surface area contributed by atoms with Crippen LogP contribution in [-0.2, 0) is 11.8 Å². The van der Waals surface area contributed by atoms with E-state index in [1.54, 1.807) is 0 Å². The summed E-state index contributed by atoms with van der Waals surface area (Å²) in [6.45, 7) is 0.325. The molecule has 0 heterocycles. The molecule has 2 atom stereocenters. The van der Waals surface area contributed by atoms with Crippen molar-refractivity contribution in [2.75, 3.05) is 6.61 Å². The quantitative estimate of drug-likeness (QED) is 0.752. The first-order valence-electron chi connectivity index (χ1n) is 5.16. The minimum Gasteiger partial charge on any atom is -0.396 e. The fourth-order valence-corrected chi connectivity index (χ4v) is 3.15. The van der Waals surface area contributed by atoms with E-state index in [0.29, 0.717) is 17.9 Å². The third kappa shape index (κ3) is 0.999. The Morgan fingerprint density at radius 3 is 3.07 bits per heavy atom. The van der Waals surface area contributed by atoms with Crippen molar-refractivity contribution in [3.05, 3.63) is 34.3 Å². The SMILES string of the molecule is OCC1C[C@]12CCc1ccc(Cl)cc12. The zero-order valence-corrected chi connectivity index (χ0v) is 8.72. The van der Waals surface area contributed by atoms with Crippen molar-refractivity contribution in [3.63, 3.8) is 0 Å². The number of rotatable bonds is 1. The molecule has 3 rings (SSSR count). The Morgan fingerprint density at radius 2 is 2.36 bits per heavy atom. The maximum absolute atomic E-state index is 9.19. The summed E-state index contributed by atoms with van der Waals surface area (Å²) in [6, 6.07) is 6.20. The molecule has 0 radical (unpaired) electrons. The van der Waals surface area contributed by atoms with E-state index in [1.165, 1.54) is 17.5 Å². The van der Waals surface area contributed by atoms with Gasteiger partial charge >= 0.3 is 0 Å². The fourth-order valence-electron chi connectivity index (χ4n) is 2.98. The van der Waals surface area contributed by atoms with Gasteiger partial charge in [-0.3, -0.25) is 0 Å². The van der Waals surface area contributed by atoms with E-state index >= 15 is 0 Å². The largest absolute Gasteiger partial charge is 0.396 e. The number of halogens is 1. The molecule has 14 heavy (non-hydrogen) atoms. The lowest BCUT2D eigenvalue weighted by molar-refractivity contribution is 0.263. The number of aryl methyl sites for hydroxylation is 1. The second-order valence-electron chi connectivity index (χ2n) is 4.54. The Hall–Kier alpha value is -0.530. The van der Waals surface area contributed by atoms with Crippen LogP contribution in [0.15, 0.2) is 18.2 Å². The first kappa shape index (κ1) is 8.75. The number of hydrogen-bond donors (Lipinski definition) is 1. The predicted molar refractivity (Wildman–Crippen MR) is 56.6 cm³/mol. The molecule has 0 amide bonds. The molecule has 1 N–H and O–H groups in total. The standard InChI is InChI=1S/C12H13ClO/c13-10-2-1-8-3-4-12(11(8)5-10)6-9(12)7-14/h1-2,5,9,14H,3-4,6-7H2/t9?,12-/m1/s1. The van der Waals surface area contributed by atoms with Crippen molar-refractivity contribution in [3.8, 4) is 0 Å². The van der Waals surface area contributed by atoms with Gasteiger partial charge in [-0.25, -0.2) is 0 Å². The molecule has 1 fully saturated rings. The molecule has 1 spiro atoms. The minimum absolute atomic E-state index is 0.301. The molecule has 1 unspecified atom stereocenters. The van der Waals surface area contributed by atoms with E-state index in [4.69, 9.17) is 11.6 Å². The van der Waals surface area contributed by atoms with Crippen LogP contribution in [0.5, 0.6) is 0 Å². The van der Waals surface area contributed by atoms with Crippen LogP contribution in [0.1, 0.15) is 24.0 Å². The van der Waals surface area contributed by atoms with Gasteiger partial charge in [-0.05, 0) is 48.4 Å². The molecule has 2 heteroatoms. The van der Waals surface area contributed by atoms with Crippen LogP contribution in [0.4, 0.5) is 0 Å². The summed E-state index contributed by atoms with van der Waals surface area (Å²) in [5, 5.41) is 10.0. The molecular weight excluding hydrogens is 196 g/mol. The smallest absolute Gasteiger partial charge is 0.0468 e. The predicted octanol–water partition coefficient (Wildman–Crippen LogP) is 2.54. The lowest BCUT2D eigenvalue weighted by atomic mass is 9.96. The highest BCUT2D eigenvalue weighted by Crippen LogP contribution is 2.61. The Labute approximate surface area is 88.7 Å². The van der Waals surface area contributed by atoms with Gasteiger partial charge in [0.1, 0.15) is 0 Å². The van der Waals surface area contributed by atoms with Gasteiger partial charge in [-0.1, -0.05) is 17.7 Å². The summed E-state index contributed by atoms with van der Waals surface area (Å²) in [6.07, 6.45) is 3.51. The van der Waals surface area contributed by atoms with Crippen LogP contribution in [-0.4, -0.2) is 11.7 Å². The van der Waals surface area contributed by atoms with Crippen LogP contribution in [0.2, 0.25) is 5.02 Å². The zero-order chi connectivity index (χ0) is 9.76. The van der Waals surface area contributed by atoms with Crippen LogP contribution in [0.25, 0.3) is 0 Å². The van der Waals surface area contributed by atoms with E-state index in [-0.39, 0.29) is 0 Å². The third-order valence-corrected chi connectivity index (χ3v) is 4.14. The third-order valence-electron chi connectivity index (χ3n) is 3.90. The first-order valence-corrected chi connectivity index (χ1v) is 5.54. The highest BCUT2D eigenvalue weighted by molar-refractivity contribution is 6.30. The number of benzene rings is 1. The van der Waals surface area contributed by atoms with Gasteiger partial charge in [-0.2, -0.15) is 0 Å². The number of aliphatic hydroxyl groups excluding tert-OH is 1. The molecule has 2 aliphatic rings. The van der Waals surface area contributed by atoms with Crippen molar-refractivity contribution >= 4 is 11.6 Å². The highest BCUT2D eigenvalue weighted by atomic mass is 35.5. The number of hydrogen-bond acceptors (Lipinski definition) is 1. The van der Waals surface area contributed by atoms with Gasteiger partial charge in [0, 0.05) is 17.0 Å². The van der Waals surface area contributed by atoms with Crippen LogP contribution in [0, 0.1) is 5.92 Å². The van der Waals surface area contributed by atoms with Gasteiger partial charge < -0.3 is 5.11 Å². The normalized spacial score (nSPS) is 33.4. The topological polar surface area (TPSA) is 20.2 Å². The van der Waals surface area contributed by atoms with Crippen LogP contribution < -0.4 is 0 Å². The summed E-state index contributed by atoms with van der Waals surface area (Å²) in [7, 11) is 0. The first-order chi connectivity index (χ1) is 6.76. The Morgan fingerprint density at radius 1 is 1.50 bits per heavy atom. The van der Waals surface area contributed by atoms with E-state index in [9.17, 15) is 5.11 Å². The summed E-state index contributed by atoms with van der Waals surface area (Å²) >= 11 is 6.01. The average molecular weight is 209 g/mol.